The number of oxazole rings is 1. The van der Waals surface area contributed by atoms with E-state index in [1.54, 1.807) is 6.26 Å². The summed E-state index contributed by atoms with van der Waals surface area (Å²) in [5.41, 5.74) is 2.00. The molecular weight excluding hydrogens is 240 g/mol. The smallest absolute Gasteiger partial charge is 0.226 e. The van der Waals surface area contributed by atoms with E-state index in [0.717, 1.165) is 37.6 Å². The number of ether oxygens (including phenoxy) is 1. The Morgan fingerprint density at radius 2 is 2.16 bits per heavy atom. The lowest BCUT2D eigenvalue weighted by Crippen LogP contribution is -2.42. The molecule has 0 spiro atoms. The molecule has 1 aromatic heterocycles. The highest BCUT2D eigenvalue weighted by atomic mass is 16.5. The third kappa shape index (κ3) is 2.85. The van der Waals surface area contributed by atoms with E-state index >= 15 is 0 Å². The lowest BCUT2D eigenvalue weighted by atomic mass is 10.2. The molecule has 0 bridgehead atoms. The monoisotopic (exact) mass is 258 g/mol. The van der Waals surface area contributed by atoms with Gasteiger partial charge in [0, 0.05) is 24.7 Å². The molecule has 0 N–H and O–H groups in total. The van der Waals surface area contributed by atoms with Gasteiger partial charge in [-0.05, 0) is 19.1 Å². The molecule has 1 fully saturated rings. The van der Waals surface area contributed by atoms with Gasteiger partial charge >= 0.3 is 0 Å². The van der Waals surface area contributed by atoms with Crippen LogP contribution in [0.5, 0.6) is 0 Å². The van der Waals surface area contributed by atoms with Crippen molar-refractivity contribution in [3.8, 4) is 11.5 Å². The lowest BCUT2D eigenvalue weighted by molar-refractivity contribution is -0.00491. The van der Waals surface area contributed by atoms with Crippen LogP contribution in [0.3, 0.4) is 0 Å². The minimum absolute atomic E-state index is 0.436. The van der Waals surface area contributed by atoms with Crippen molar-refractivity contribution in [2.75, 3.05) is 19.8 Å². The van der Waals surface area contributed by atoms with Crippen molar-refractivity contribution in [3.63, 3.8) is 0 Å². The van der Waals surface area contributed by atoms with Gasteiger partial charge in [-0.3, -0.25) is 4.90 Å². The molecule has 4 nitrogen and oxygen atoms in total. The van der Waals surface area contributed by atoms with Crippen molar-refractivity contribution in [2.45, 2.75) is 19.5 Å². The van der Waals surface area contributed by atoms with Gasteiger partial charge in [0.25, 0.3) is 0 Å². The van der Waals surface area contributed by atoms with Gasteiger partial charge in [-0.25, -0.2) is 4.98 Å². The van der Waals surface area contributed by atoms with E-state index in [-0.39, 0.29) is 0 Å². The first-order valence-corrected chi connectivity index (χ1v) is 6.64. The van der Waals surface area contributed by atoms with Gasteiger partial charge in [-0.1, -0.05) is 18.2 Å². The maximum atomic E-state index is 5.56. The number of rotatable bonds is 3. The fourth-order valence-corrected chi connectivity index (χ4v) is 2.30. The number of morpholine rings is 1. The average molecular weight is 258 g/mol. The zero-order chi connectivity index (χ0) is 13.1. The standard InChI is InChI=1S/C15H18N2O2/c1-12-10-18-8-7-17(12)9-14-11-19-15(16-14)13-5-3-2-4-6-13/h2-6,11-12H,7-10H2,1H3. The summed E-state index contributed by atoms with van der Waals surface area (Å²) in [6.07, 6.45) is 1.75. The quantitative estimate of drug-likeness (QED) is 0.848. The second-order valence-corrected chi connectivity index (χ2v) is 4.90. The summed E-state index contributed by atoms with van der Waals surface area (Å²) in [7, 11) is 0. The van der Waals surface area contributed by atoms with Gasteiger partial charge in [-0.2, -0.15) is 0 Å². The van der Waals surface area contributed by atoms with E-state index in [1.165, 1.54) is 0 Å². The summed E-state index contributed by atoms with van der Waals surface area (Å²) in [6.45, 7) is 5.55. The molecule has 1 unspecified atom stereocenters. The normalized spacial score (nSPS) is 20.6. The molecule has 2 aromatic rings. The van der Waals surface area contributed by atoms with E-state index in [2.05, 4.69) is 16.8 Å². The first kappa shape index (κ1) is 12.4. The summed E-state index contributed by atoms with van der Waals surface area (Å²) in [5.74, 6) is 0.691. The van der Waals surface area contributed by atoms with Gasteiger partial charge < -0.3 is 9.15 Å². The highest BCUT2D eigenvalue weighted by Gasteiger charge is 2.20. The molecule has 100 valence electrons. The molecule has 2 heterocycles. The Hall–Kier alpha value is -1.65. The summed E-state index contributed by atoms with van der Waals surface area (Å²) >= 11 is 0. The van der Waals surface area contributed by atoms with Gasteiger partial charge in [-0.15, -0.1) is 0 Å². The van der Waals surface area contributed by atoms with Crippen molar-refractivity contribution < 1.29 is 9.15 Å². The molecular formula is C15H18N2O2. The Kier molecular flexibility index (Phi) is 3.62. The van der Waals surface area contributed by atoms with Gasteiger partial charge in [0.1, 0.15) is 6.26 Å². The van der Waals surface area contributed by atoms with Gasteiger partial charge in [0.2, 0.25) is 5.89 Å². The van der Waals surface area contributed by atoms with Crippen LogP contribution in [0.25, 0.3) is 11.5 Å². The largest absolute Gasteiger partial charge is 0.444 e. The maximum absolute atomic E-state index is 5.56. The highest BCUT2D eigenvalue weighted by Crippen LogP contribution is 2.19. The molecule has 1 atom stereocenters. The van der Waals surface area contributed by atoms with Crippen LogP contribution in [0.4, 0.5) is 0 Å². The van der Waals surface area contributed by atoms with Crippen LogP contribution in [0.2, 0.25) is 0 Å². The van der Waals surface area contributed by atoms with Crippen molar-refractivity contribution >= 4 is 0 Å². The first-order chi connectivity index (χ1) is 9.33. The average Bonchev–Trinajstić information content (AvgIpc) is 2.91. The van der Waals surface area contributed by atoms with Crippen LogP contribution in [0.1, 0.15) is 12.6 Å². The molecule has 1 aliphatic rings. The Bertz CT molecular complexity index is 524. The predicted molar refractivity (Wildman–Crippen MR) is 72.6 cm³/mol. The lowest BCUT2D eigenvalue weighted by Gasteiger charge is -2.32. The highest BCUT2D eigenvalue weighted by molar-refractivity contribution is 5.52. The maximum Gasteiger partial charge on any atom is 0.226 e. The Balaban J connectivity index is 1.71. The fraction of sp³-hybridized carbons (Fsp3) is 0.400. The minimum Gasteiger partial charge on any atom is -0.444 e. The van der Waals surface area contributed by atoms with E-state index < -0.39 is 0 Å². The number of nitrogens with zero attached hydrogens (tertiary/aromatic N) is 2. The molecule has 0 saturated carbocycles. The molecule has 4 heteroatoms. The Labute approximate surface area is 113 Å². The summed E-state index contributed by atoms with van der Waals surface area (Å²) in [5, 5.41) is 0. The van der Waals surface area contributed by atoms with Crippen molar-refractivity contribution in [2.24, 2.45) is 0 Å². The molecule has 19 heavy (non-hydrogen) atoms. The summed E-state index contributed by atoms with van der Waals surface area (Å²) < 4.78 is 11.0. The van der Waals surface area contributed by atoms with E-state index in [4.69, 9.17) is 9.15 Å². The predicted octanol–water partition coefficient (Wildman–Crippen LogP) is 2.56. The number of benzene rings is 1. The Morgan fingerprint density at radius 3 is 2.95 bits per heavy atom. The van der Waals surface area contributed by atoms with Crippen LogP contribution >= 0.6 is 0 Å². The zero-order valence-corrected chi connectivity index (χ0v) is 11.1. The van der Waals surface area contributed by atoms with Crippen LogP contribution in [0.15, 0.2) is 41.0 Å². The van der Waals surface area contributed by atoms with Crippen LogP contribution in [-0.2, 0) is 11.3 Å². The minimum atomic E-state index is 0.436. The van der Waals surface area contributed by atoms with Crippen LogP contribution in [-0.4, -0.2) is 35.7 Å². The van der Waals surface area contributed by atoms with Crippen molar-refractivity contribution in [1.29, 1.82) is 0 Å². The van der Waals surface area contributed by atoms with Gasteiger partial charge in [0.15, 0.2) is 0 Å². The molecule has 0 radical (unpaired) electrons. The zero-order valence-electron chi connectivity index (χ0n) is 11.1. The fourth-order valence-electron chi connectivity index (χ4n) is 2.30. The van der Waals surface area contributed by atoms with Crippen molar-refractivity contribution in [3.05, 3.63) is 42.3 Å². The number of hydrogen-bond donors (Lipinski definition) is 0. The van der Waals surface area contributed by atoms with Crippen LogP contribution in [0, 0.1) is 0 Å². The van der Waals surface area contributed by atoms with Crippen molar-refractivity contribution in [1.82, 2.24) is 9.88 Å². The molecule has 1 aromatic carbocycles. The van der Waals surface area contributed by atoms with E-state index in [9.17, 15) is 0 Å². The molecule has 3 rings (SSSR count). The third-order valence-electron chi connectivity index (χ3n) is 3.44. The molecule has 1 saturated heterocycles. The summed E-state index contributed by atoms with van der Waals surface area (Å²) in [6, 6.07) is 10.4. The first-order valence-electron chi connectivity index (χ1n) is 6.64. The molecule has 0 aliphatic carbocycles. The van der Waals surface area contributed by atoms with E-state index in [0.29, 0.717) is 11.9 Å². The molecule has 1 aliphatic heterocycles. The number of hydrogen-bond acceptors (Lipinski definition) is 4. The number of aromatic nitrogens is 1. The Morgan fingerprint density at radius 1 is 1.32 bits per heavy atom. The third-order valence-corrected chi connectivity index (χ3v) is 3.44. The molecule has 0 amide bonds. The van der Waals surface area contributed by atoms with Gasteiger partial charge in [0.05, 0.1) is 18.9 Å². The summed E-state index contributed by atoms with van der Waals surface area (Å²) in [4.78, 5) is 6.93. The SMILES string of the molecule is CC1COCCN1Cc1coc(-c2ccccc2)n1. The second kappa shape index (κ2) is 5.55. The van der Waals surface area contributed by atoms with E-state index in [1.807, 2.05) is 30.3 Å². The second-order valence-electron chi connectivity index (χ2n) is 4.90. The topological polar surface area (TPSA) is 38.5 Å². The van der Waals surface area contributed by atoms with Crippen LogP contribution < -0.4 is 0 Å².